The molecule has 2 aliphatic heterocycles. The van der Waals surface area contributed by atoms with E-state index in [1.165, 1.54) is 0 Å². The fourth-order valence-electron chi connectivity index (χ4n) is 7.05. The summed E-state index contributed by atoms with van der Waals surface area (Å²) in [5.74, 6) is -1.57. The number of benzene rings is 1. The first kappa shape index (κ1) is 28.8. The first-order valence-corrected chi connectivity index (χ1v) is 14.7. The van der Waals surface area contributed by atoms with Crippen LogP contribution in [0.4, 0.5) is 26.3 Å². The van der Waals surface area contributed by atoms with Crippen LogP contribution in [0.3, 0.4) is 0 Å². The molecule has 2 bridgehead atoms. The molecule has 39 heavy (non-hydrogen) atoms. The molecule has 0 amide bonds. The summed E-state index contributed by atoms with van der Waals surface area (Å²) in [5, 5.41) is 9.89. The zero-order valence-corrected chi connectivity index (χ0v) is 22.1. The Morgan fingerprint density at radius 3 is 2.26 bits per heavy atom. The number of nitrogens with one attached hydrogen (secondary N) is 1. The lowest BCUT2D eigenvalue weighted by molar-refractivity contribution is -0.185. The van der Waals surface area contributed by atoms with Gasteiger partial charge in [-0.2, -0.15) is 43.8 Å². The van der Waals surface area contributed by atoms with E-state index in [9.17, 15) is 39.9 Å². The van der Waals surface area contributed by atoms with Crippen LogP contribution in [0, 0.1) is 17.8 Å². The zero-order valence-electron chi connectivity index (χ0n) is 21.3. The largest absolute Gasteiger partial charge is 0.402 e. The number of hydrogen-bond acceptors (Lipinski definition) is 4. The molecule has 4 atom stereocenters. The number of nitrogens with zero attached hydrogens (tertiary/aromatic N) is 2. The number of rotatable bonds is 5. The maximum Gasteiger partial charge on any atom is 0.402 e. The van der Waals surface area contributed by atoms with Crippen LogP contribution in [0.5, 0.6) is 0 Å². The Hall–Kier alpha value is -1.67. The Bertz CT molecular complexity index is 1200. The van der Waals surface area contributed by atoms with Gasteiger partial charge in [-0.25, -0.2) is 0 Å². The Morgan fingerprint density at radius 2 is 1.67 bits per heavy atom. The highest BCUT2D eigenvalue weighted by atomic mass is 32.2. The SMILES string of the molecule is O=S1(=O)N[C@]2(CN1CC(F)(F)F)[C@@H]1CC[C@H]2Cc2ccc(/C=C/C(CO)N3CCC(C(F)(F)F)CC3)cc2C1. The Balaban J connectivity index is 1.30. The summed E-state index contributed by atoms with van der Waals surface area (Å²) < 4.78 is 107. The van der Waals surface area contributed by atoms with Gasteiger partial charge in [0.25, 0.3) is 10.2 Å². The molecule has 3 fully saturated rings. The van der Waals surface area contributed by atoms with Crippen molar-refractivity contribution in [1.29, 1.82) is 0 Å². The first-order valence-electron chi connectivity index (χ1n) is 13.3. The number of piperidine rings is 1. The number of fused-ring (bicyclic) bond motifs is 1. The maximum absolute atomic E-state index is 13.1. The molecule has 1 saturated carbocycles. The summed E-state index contributed by atoms with van der Waals surface area (Å²) in [7, 11) is -4.25. The van der Waals surface area contributed by atoms with Crippen LogP contribution in [-0.4, -0.2) is 79.4 Å². The summed E-state index contributed by atoms with van der Waals surface area (Å²) in [6.07, 6.45) is -2.66. The monoisotopic (exact) mass is 581 g/mol. The van der Waals surface area contributed by atoms with Crippen molar-refractivity contribution in [3.63, 3.8) is 0 Å². The third kappa shape index (κ3) is 5.88. The molecule has 2 N–H and O–H groups in total. The fraction of sp³-hybridized carbons (Fsp3) is 0.692. The van der Waals surface area contributed by atoms with Crippen molar-refractivity contribution in [3.8, 4) is 0 Å². The predicted molar refractivity (Wildman–Crippen MR) is 133 cm³/mol. The van der Waals surface area contributed by atoms with Crippen molar-refractivity contribution in [1.82, 2.24) is 13.9 Å². The molecule has 5 rings (SSSR count). The van der Waals surface area contributed by atoms with Gasteiger partial charge in [0.15, 0.2) is 0 Å². The average molecular weight is 582 g/mol. The van der Waals surface area contributed by atoms with Crippen LogP contribution in [0.1, 0.15) is 42.4 Å². The van der Waals surface area contributed by atoms with Crippen LogP contribution >= 0.6 is 0 Å². The van der Waals surface area contributed by atoms with Crippen LogP contribution in [0.15, 0.2) is 24.3 Å². The van der Waals surface area contributed by atoms with Gasteiger partial charge in [-0.05, 0) is 80.1 Å². The molecule has 1 spiro atoms. The van der Waals surface area contributed by atoms with Gasteiger partial charge in [-0.1, -0.05) is 30.4 Å². The van der Waals surface area contributed by atoms with Crippen LogP contribution in [-0.2, 0) is 23.1 Å². The van der Waals surface area contributed by atoms with Crippen molar-refractivity contribution in [2.75, 3.05) is 32.8 Å². The second kappa shape index (κ2) is 10.3. The number of halogens is 6. The normalized spacial score (nSPS) is 31.2. The second-order valence-electron chi connectivity index (χ2n) is 11.4. The first-order chi connectivity index (χ1) is 18.2. The Morgan fingerprint density at radius 1 is 1.03 bits per heavy atom. The molecule has 2 heterocycles. The molecule has 6 nitrogen and oxygen atoms in total. The van der Waals surface area contributed by atoms with Gasteiger partial charge in [-0.15, -0.1) is 0 Å². The third-order valence-electron chi connectivity index (χ3n) is 9.10. The van der Waals surface area contributed by atoms with Crippen molar-refractivity contribution < 1.29 is 39.9 Å². The molecule has 13 heteroatoms. The van der Waals surface area contributed by atoms with E-state index in [-0.39, 0.29) is 50.9 Å². The Kier molecular flexibility index (Phi) is 7.62. The standard InChI is InChI=1S/C26H33F6N3O3S/c27-25(28,29)16-35-15-24(33-39(35,37)38)21-4-5-22(24)13-19-11-17(1-3-18(19)12-21)2-6-23(14-36)34-9-7-20(8-10-34)26(30,31)32/h1-3,6,11,20-23,33,36H,4-5,7-10,12-16H2/b6-2+/t21-,22+,23?,24-/m0/s1. The summed E-state index contributed by atoms with van der Waals surface area (Å²) in [4.78, 5) is 1.85. The molecule has 1 unspecified atom stereocenters. The number of hydrogen-bond donors (Lipinski definition) is 2. The minimum absolute atomic E-state index is 0.00114. The summed E-state index contributed by atoms with van der Waals surface area (Å²) in [5.41, 5.74) is 1.96. The zero-order chi connectivity index (χ0) is 28.2. The van der Waals surface area contributed by atoms with Crippen LogP contribution < -0.4 is 4.72 Å². The predicted octanol–water partition coefficient (Wildman–Crippen LogP) is 3.91. The highest BCUT2D eigenvalue weighted by Gasteiger charge is 2.60. The molecule has 4 aliphatic rings. The van der Waals surface area contributed by atoms with Crippen molar-refractivity contribution in [2.45, 2.75) is 62.5 Å². The fourth-order valence-corrected chi connectivity index (χ4v) is 8.75. The lowest BCUT2D eigenvalue weighted by Gasteiger charge is -2.36. The minimum atomic E-state index is -4.63. The van der Waals surface area contributed by atoms with Gasteiger partial charge in [0, 0.05) is 6.54 Å². The topological polar surface area (TPSA) is 72.9 Å². The third-order valence-corrected chi connectivity index (χ3v) is 10.7. The number of aliphatic hydroxyl groups excluding tert-OH is 1. The molecular weight excluding hydrogens is 548 g/mol. The lowest BCUT2D eigenvalue weighted by atomic mass is 9.79. The molecular formula is C26H33F6N3O3S. The molecule has 2 aliphatic carbocycles. The van der Waals surface area contributed by atoms with E-state index in [0.717, 1.165) is 23.1 Å². The van der Waals surface area contributed by atoms with Crippen molar-refractivity contribution in [3.05, 3.63) is 41.0 Å². The van der Waals surface area contributed by atoms with Gasteiger partial charge in [0.2, 0.25) is 0 Å². The number of likely N-dealkylation sites (tertiary alicyclic amines) is 1. The van der Waals surface area contributed by atoms with Gasteiger partial charge >= 0.3 is 12.4 Å². The highest BCUT2D eigenvalue weighted by molar-refractivity contribution is 7.87. The van der Waals surface area contributed by atoms with Crippen LogP contribution in [0.2, 0.25) is 0 Å². The quantitative estimate of drug-likeness (QED) is 0.518. The molecule has 1 aromatic rings. The van der Waals surface area contributed by atoms with Crippen molar-refractivity contribution in [2.24, 2.45) is 17.8 Å². The van der Waals surface area contributed by atoms with E-state index in [2.05, 4.69) is 4.72 Å². The second-order valence-corrected chi connectivity index (χ2v) is 13.1. The molecule has 218 valence electrons. The lowest BCUT2D eigenvalue weighted by Crippen LogP contribution is -2.52. The highest BCUT2D eigenvalue weighted by Crippen LogP contribution is 2.50. The summed E-state index contributed by atoms with van der Waals surface area (Å²) >= 11 is 0. The van der Waals surface area contributed by atoms with E-state index >= 15 is 0 Å². The average Bonchev–Trinajstić information content (AvgIpc) is 3.23. The molecule has 2 saturated heterocycles. The van der Waals surface area contributed by atoms with Gasteiger partial charge < -0.3 is 5.11 Å². The molecule has 1 aromatic carbocycles. The van der Waals surface area contributed by atoms with E-state index in [1.54, 1.807) is 6.08 Å². The maximum atomic E-state index is 13.1. The summed E-state index contributed by atoms with van der Waals surface area (Å²) in [6, 6.07) is 5.44. The van der Waals surface area contributed by atoms with E-state index in [0.29, 0.717) is 23.6 Å². The molecule has 0 aromatic heterocycles. The van der Waals surface area contributed by atoms with Gasteiger partial charge in [0.05, 0.1) is 24.1 Å². The molecule has 0 radical (unpaired) electrons. The minimum Gasteiger partial charge on any atom is -0.394 e. The van der Waals surface area contributed by atoms with E-state index < -0.39 is 46.6 Å². The van der Waals surface area contributed by atoms with Crippen molar-refractivity contribution >= 4 is 16.3 Å². The van der Waals surface area contributed by atoms with Gasteiger partial charge in [-0.3, -0.25) is 4.90 Å². The van der Waals surface area contributed by atoms with E-state index in [4.69, 9.17) is 0 Å². The van der Waals surface area contributed by atoms with Gasteiger partial charge in [0.1, 0.15) is 6.54 Å². The van der Waals surface area contributed by atoms with Crippen LogP contribution in [0.25, 0.3) is 6.08 Å². The summed E-state index contributed by atoms with van der Waals surface area (Å²) in [6.45, 7) is -1.44. The Labute approximate surface area is 224 Å². The number of aliphatic hydroxyl groups is 1. The smallest absolute Gasteiger partial charge is 0.394 e. The van der Waals surface area contributed by atoms with E-state index in [1.807, 2.05) is 29.2 Å². The number of alkyl halides is 6.